The van der Waals surface area contributed by atoms with E-state index in [0.29, 0.717) is 11.0 Å². The van der Waals surface area contributed by atoms with Crippen LogP contribution >= 0.6 is 0 Å². The van der Waals surface area contributed by atoms with E-state index in [1.165, 1.54) is 14.1 Å². The third-order valence-corrected chi connectivity index (χ3v) is 5.66. The van der Waals surface area contributed by atoms with E-state index in [4.69, 9.17) is 4.63 Å². The van der Waals surface area contributed by atoms with Crippen LogP contribution in [0, 0.1) is 0 Å². The molecule has 8 heteroatoms. The minimum absolute atomic E-state index is 0.125. The third-order valence-electron chi connectivity index (χ3n) is 3.81. The van der Waals surface area contributed by atoms with Crippen molar-refractivity contribution in [2.24, 2.45) is 0 Å². The minimum Gasteiger partial charge on any atom is -0.304 e. The highest BCUT2D eigenvalue weighted by atomic mass is 32.2. The van der Waals surface area contributed by atoms with E-state index in [9.17, 15) is 8.42 Å². The van der Waals surface area contributed by atoms with Gasteiger partial charge >= 0.3 is 0 Å². The lowest BCUT2D eigenvalue weighted by molar-refractivity contribution is 0.306. The van der Waals surface area contributed by atoms with Gasteiger partial charge in [0.05, 0.1) is 0 Å². The van der Waals surface area contributed by atoms with Crippen LogP contribution in [0.2, 0.25) is 0 Å². The lowest BCUT2D eigenvalue weighted by atomic mass is 10.1. The van der Waals surface area contributed by atoms with Crippen LogP contribution in [0.25, 0.3) is 11.0 Å². The second kappa shape index (κ2) is 6.72. The van der Waals surface area contributed by atoms with Gasteiger partial charge in [0.25, 0.3) is 0 Å². The molecule has 1 aromatic heterocycles. The molecule has 0 aliphatic rings. The SMILES string of the molecule is CCN(CC)CCc1ccc(S(=O)(=O)N(C)C)c2nonc12. The van der Waals surface area contributed by atoms with Gasteiger partial charge < -0.3 is 4.90 Å². The van der Waals surface area contributed by atoms with Crippen molar-refractivity contribution in [3.63, 3.8) is 0 Å². The van der Waals surface area contributed by atoms with Crippen molar-refractivity contribution in [2.45, 2.75) is 25.2 Å². The summed E-state index contributed by atoms with van der Waals surface area (Å²) in [6.45, 7) is 7.06. The Bertz CT molecular complexity index is 736. The lowest BCUT2D eigenvalue weighted by Gasteiger charge is -2.18. The van der Waals surface area contributed by atoms with Crippen LogP contribution < -0.4 is 0 Å². The van der Waals surface area contributed by atoms with E-state index >= 15 is 0 Å². The molecular weight excluding hydrogens is 304 g/mol. The van der Waals surface area contributed by atoms with Crippen molar-refractivity contribution in [2.75, 3.05) is 33.7 Å². The first-order valence-electron chi connectivity index (χ1n) is 7.30. The number of hydrogen-bond donors (Lipinski definition) is 0. The highest BCUT2D eigenvalue weighted by molar-refractivity contribution is 7.89. The molecule has 2 rings (SSSR count). The van der Waals surface area contributed by atoms with Gasteiger partial charge in [0.1, 0.15) is 10.4 Å². The highest BCUT2D eigenvalue weighted by Crippen LogP contribution is 2.25. The molecule has 0 atom stereocenters. The molecule has 7 nitrogen and oxygen atoms in total. The number of fused-ring (bicyclic) bond motifs is 1. The Morgan fingerprint density at radius 1 is 1.09 bits per heavy atom. The van der Waals surface area contributed by atoms with Crippen molar-refractivity contribution in [3.8, 4) is 0 Å². The topological polar surface area (TPSA) is 79.5 Å². The van der Waals surface area contributed by atoms with Gasteiger partial charge in [-0.05, 0) is 41.5 Å². The Kier molecular flexibility index (Phi) is 5.15. The molecule has 0 fully saturated rings. The van der Waals surface area contributed by atoms with Crippen LogP contribution in [-0.4, -0.2) is 61.7 Å². The molecule has 0 saturated carbocycles. The second-order valence-electron chi connectivity index (χ2n) is 5.25. The molecule has 2 aromatic rings. The molecule has 1 heterocycles. The molecule has 0 N–H and O–H groups in total. The second-order valence-corrected chi connectivity index (χ2v) is 7.37. The first-order chi connectivity index (χ1) is 10.4. The molecule has 0 radical (unpaired) electrons. The number of nitrogens with zero attached hydrogens (tertiary/aromatic N) is 4. The first kappa shape index (κ1) is 16.9. The van der Waals surface area contributed by atoms with Crippen LogP contribution in [-0.2, 0) is 16.4 Å². The first-order valence-corrected chi connectivity index (χ1v) is 8.74. The van der Waals surface area contributed by atoms with Gasteiger partial charge in [-0.1, -0.05) is 19.9 Å². The Labute approximate surface area is 130 Å². The summed E-state index contributed by atoms with van der Waals surface area (Å²) in [5, 5.41) is 7.68. The number of hydrogen-bond acceptors (Lipinski definition) is 6. The van der Waals surface area contributed by atoms with E-state index in [2.05, 4.69) is 29.1 Å². The van der Waals surface area contributed by atoms with E-state index in [1.807, 2.05) is 0 Å². The van der Waals surface area contributed by atoms with Crippen LogP contribution in [0.5, 0.6) is 0 Å². The van der Waals surface area contributed by atoms with Crippen LogP contribution in [0.1, 0.15) is 19.4 Å². The van der Waals surface area contributed by atoms with Crippen molar-refractivity contribution in [3.05, 3.63) is 17.7 Å². The summed E-state index contributed by atoms with van der Waals surface area (Å²) < 4.78 is 30.6. The zero-order chi connectivity index (χ0) is 16.3. The summed E-state index contributed by atoms with van der Waals surface area (Å²) in [7, 11) is -0.592. The summed E-state index contributed by atoms with van der Waals surface area (Å²) in [4.78, 5) is 2.42. The molecule has 0 aliphatic carbocycles. The number of aromatic nitrogens is 2. The average molecular weight is 326 g/mol. The lowest BCUT2D eigenvalue weighted by Crippen LogP contribution is -2.25. The zero-order valence-corrected chi connectivity index (χ0v) is 14.2. The monoisotopic (exact) mass is 326 g/mol. The predicted molar refractivity (Wildman–Crippen MR) is 84.2 cm³/mol. The maximum Gasteiger partial charge on any atom is 0.244 e. The summed E-state index contributed by atoms with van der Waals surface area (Å²) >= 11 is 0. The maximum atomic E-state index is 12.3. The van der Waals surface area contributed by atoms with Gasteiger partial charge in [-0.3, -0.25) is 0 Å². The fourth-order valence-electron chi connectivity index (χ4n) is 2.32. The average Bonchev–Trinajstić information content (AvgIpc) is 2.97. The van der Waals surface area contributed by atoms with Crippen molar-refractivity contribution >= 4 is 21.1 Å². The van der Waals surface area contributed by atoms with Gasteiger partial charge in [0.15, 0.2) is 5.52 Å². The Morgan fingerprint density at radius 2 is 1.73 bits per heavy atom. The molecule has 1 aromatic carbocycles. The van der Waals surface area contributed by atoms with E-state index < -0.39 is 10.0 Å². The summed E-state index contributed by atoms with van der Waals surface area (Å²) in [6, 6.07) is 3.38. The van der Waals surface area contributed by atoms with E-state index in [1.54, 1.807) is 12.1 Å². The van der Waals surface area contributed by atoms with Crippen LogP contribution in [0.15, 0.2) is 21.7 Å². The molecule has 0 unspecified atom stereocenters. The zero-order valence-electron chi connectivity index (χ0n) is 13.4. The number of benzene rings is 1. The van der Waals surface area contributed by atoms with Crippen LogP contribution in [0.3, 0.4) is 0 Å². The molecule has 0 amide bonds. The number of sulfonamides is 1. The van der Waals surface area contributed by atoms with Gasteiger partial charge in [-0.15, -0.1) is 0 Å². The number of likely N-dealkylation sites (N-methyl/N-ethyl adjacent to an activating group) is 1. The molecule has 22 heavy (non-hydrogen) atoms. The number of rotatable bonds is 7. The van der Waals surface area contributed by atoms with Crippen molar-refractivity contribution in [1.82, 2.24) is 19.5 Å². The standard InChI is InChI=1S/C14H22N4O3S/c1-5-18(6-2)10-9-11-7-8-12(22(19,20)17(3)4)14-13(11)15-21-16-14/h7-8H,5-6,9-10H2,1-4H3. The van der Waals surface area contributed by atoms with Gasteiger partial charge in [0, 0.05) is 20.6 Å². The fourth-order valence-corrected chi connectivity index (χ4v) is 3.33. The van der Waals surface area contributed by atoms with E-state index in [-0.39, 0.29) is 4.90 Å². The summed E-state index contributed by atoms with van der Waals surface area (Å²) in [6.07, 6.45) is 0.773. The predicted octanol–water partition coefficient (Wildman–Crippen LogP) is 1.36. The third kappa shape index (κ3) is 3.13. The van der Waals surface area contributed by atoms with Crippen molar-refractivity contribution in [1.29, 1.82) is 0 Å². The molecular formula is C14H22N4O3S. The summed E-state index contributed by atoms with van der Waals surface area (Å²) in [5.74, 6) is 0. The summed E-state index contributed by atoms with van der Waals surface area (Å²) in [5.41, 5.74) is 1.77. The van der Waals surface area contributed by atoms with Gasteiger partial charge in [-0.2, -0.15) is 0 Å². The Hall–Kier alpha value is -1.51. The van der Waals surface area contributed by atoms with Gasteiger partial charge in [0.2, 0.25) is 10.0 Å². The van der Waals surface area contributed by atoms with Crippen LogP contribution in [0.4, 0.5) is 0 Å². The highest BCUT2D eigenvalue weighted by Gasteiger charge is 2.24. The fraction of sp³-hybridized carbons (Fsp3) is 0.571. The quantitative estimate of drug-likeness (QED) is 0.764. The van der Waals surface area contributed by atoms with Crippen molar-refractivity contribution < 1.29 is 13.0 Å². The largest absolute Gasteiger partial charge is 0.304 e. The maximum absolute atomic E-state index is 12.3. The molecule has 0 spiro atoms. The Morgan fingerprint density at radius 3 is 2.32 bits per heavy atom. The smallest absolute Gasteiger partial charge is 0.244 e. The normalized spacial score (nSPS) is 12.6. The molecule has 0 aliphatic heterocycles. The van der Waals surface area contributed by atoms with Gasteiger partial charge in [-0.25, -0.2) is 17.4 Å². The minimum atomic E-state index is -3.57. The molecule has 0 saturated heterocycles. The Balaban J connectivity index is 2.40. The molecule has 0 bridgehead atoms. The molecule has 122 valence electrons. The van der Waals surface area contributed by atoms with E-state index in [0.717, 1.165) is 35.9 Å².